The predicted octanol–water partition coefficient (Wildman–Crippen LogP) is 3.23. The number of halogens is 1. The van der Waals surface area contributed by atoms with Crippen molar-refractivity contribution in [3.05, 3.63) is 46.3 Å². The zero-order valence-electron chi connectivity index (χ0n) is 12.9. The summed E-state index contributed by atoms with van der Waals surface area (Å²) in [5.74, 6) is 0.127. The molecule has 22 heavy (non-hydrogen) atoms. The van der Waals surface area contributed by atoms with Crippen LogP contribution in [0.15, 0.2) is 30.3 Å². The van der Waals surface area contributed by atoms with Gasteiger partial charge in [-0.2, -0.15) is 0 Å². The Morgan fingerprint density at radius 1 is 1.27 bits per heavy atom. The molecule has 0 radical (unpaired) electrons. The number of nitrogens with one attached hydrogen (secondary N) is 1. The number of likely N-dealkylation sites (N-methyl/N-ethyl adjacent to an activating group) is 2. The number of carbonyl (C=O) groups excluding carboxylic acids is 1. The summed E-state index contributed by atoms with van der Waals surface area (Å²) in [6.45, 7) is 1.55. The number of hydrogen-bond acceptors (Lipinski definition) is 3. The minimum Gasteiger partial charge on any atom is -0.340 e. The molecule has 1 aromatic carbocycles. The molecule has 1 heterocycles. The van der Waals surface area contributed by atoms with E-state index in [9.17, 15) is 4.79 Å². The van der Waals surface area contributed by atoms with Crippen molar-refractivity contribution in [2.45, 2.75) is 12.8 Å². The van der Waals surface area contributed by atoms with Crippen LogP contribution in [0.25, 0.3) is 10.4 Å². The molecular formula is C17H21ClN2OS. The molecule has 0 saturated heterocycles. The van der Waals surface area contributed by atoms with Gasteiger partial charge in [0.1, 0.15) is 0 Å². The Kier molecular flexibility index (Phi) is 5.62. The number of amides is 1. The summed E-state index contributed by atoms with van der Waals surface area (Å²) in [7, 11) is 3.77. The van der Waals surface area contributed by atoms with Gasteiger partial charge in [-0.25, -0.2) is 0 Å². The zero-order chi connectivity index (χ0) is 14.8. The molecule has 3 rings (SSSR count). The summed E-state index contributed by atoms with van der Waals surface area (Å²) in [4.78, 5) is 16.4. The standard InChI is InChI=1S/C17H20N2OS.ClH/c1-18-9-10-19(2)17(20)15-11-13-8-7-12-5-3-4-6-14(12)16(13)21-15;/h3-6,11,18H,7-10H2,1-2H3;1H. The van der Waals surface area contributed by atoms with Gasteiger partial charge in [0.05, 0.1) is 4.88 Å². The van der Waals surface area contributed by atoms with E-state index < -0.39 is 0 Å². The normalized spacial score (nSPS) is 12.1. The van der Waals surface area contributed by atoms with Gasteiger partial charge in [0.2, 0.25) is 0 Å². The van der Waals surface area contributed by atoms with Crippen LogP contribution in [0.2, 0.25) is 0 Å². The lowest BCUT2D eigenvalue weighted by molar-refractivity contribution is 0.0801. The molecule has 1 amide bonds. The van der Waals surface area contributed by atoms with Gasteiger partial charge in [-0.15, -0.1) is 23.7 Å². The fourth-order valence-corrected chi connectivity index (χ4v) is 4.01. The fraction of sp³-hybridized carbons (Fsp3) is 0.353. The van der Waals surface area contributed by atoms with Crippen LogP contribution in [0.5, 0.6) is 0 Å². The lowest BCUT2D eigenvalue weighted by Gasteiger charge is -2.15. The Morgan fingerprint density at radius 3 is 2.77 bits per heavy atom. The molecule has 0 atom stereocenters. The average molecular weight is 337 g/mol. The van der Waals surface area contributed by atoms with Crippen LogP contribution in [0.4, 0.5) is 0 Å². The molecule has 2 aromatic rings. The maximum atomic E-state index is 12.5. The Balaban J connectivity index is 0.00000176. The highest BCUT2D eigenvalue weighted by Crippen LogP contribution is 2.39. The topological polar surface area (TPSA) is 32.3 Å². The van der Waals surface area contributed by atoms with Crippen LogP contribution in [0.3, 0.4) is 0 Å². The van der Waals surface area contributed by atoms with E-state index in [1.54, 1.807) is 16.2 Å². The summed E-state index contributed by atoms with van der Waals surface area (Å²) in [6.07, 6.45) is 2.11. The lowest BCUT2D eigenvalue weighted by atomic mass is 9.91. The number of rotatable bonds is 4. The van der Waals surface area contributed by atoms with Crippen LogP contribution in [0, 0.1) is 0 Å². The van der Waals surface area contributed by atoms with E-state index in [1.165, 1.54) is 21.6 Å². The van der Waals surface area contributed by atoms with Crippen LogP contribution in [-0.4, -0.2) is 38.0 Å². The highest BCUT2D eigenvalue weighted by atomic mass is 35.5. The summed E-state index contributed by atoms with van der Waals surface area (Å²) in [5.41, 5.74) is 4.03. The maximum Gasteiger partial charge on any atom is 0.263 e. The van der Waals surface area contributed by atoms with Crippen molar-refractivity contribution in [1.82, 2.24) is 10.2 Å². The van der Waals surface area contributed by atoms with E-state index in [0.717, 1.165) is 30.8 Å². The van der Waals surface area contributed by atoms with E-state index in [0.29, 0.717) is 0 Å². The molecule has 5 heteroatoms. The van der Waals surface area contributed by atoms with E-state index >= 15 is 0 Å². The first-order valence-corrected chi connectivity index (χ1v) is 8.13. The Bertz CT molecular complexity index is 668. The molecule has 0 unspecified atom stereocenters. The van der Waals surface area contributed by atoms with Crippen molar-refractivity contribution in [2.24, 2.45) is 0 Å². The van der Waals surface area contributed by atoms with Crippen LogP contribution in [0.1, 0.15) is 20.8 Å². The first-order valence-electron chi connectivity index (χ1n) is 7.31. The Morgan fingerprint density at radius 2 is 2.00 bits per heavy atom. The second kappa shape index (κ2) is 7.27. The largest absolute Gasteiger partial charge is 0.340 e. The van der Waals surface area contributed by atoms with E-state index in [1.807, 2.05) is 14.1 Å². The number of fused-ring (bicyclic) bond motifs is 3. The van der Waals surface area contributed by atoms with Crippen LogP contribution in [-0.2, 0) is 12.8 Å². The molecule has 0 bridgehead atoms. The third-order valence-corrected chi connectivity index (χ3v) is 5.19. The number of benzene rings is 1. The third kappa shape index (κ3) is 3.19. The summed E-state index contributed by atoms with van der Waals surface area (Å²) >= 11 is 1.64. The molecule has 0 spiro atoms. The average Bonchev–Trinajstić information content (AvgIpc) is 2.96. The first kappa shape index (κ1) is 17.0. The summed E-state index contributed by atoms with van der Waals surface area (Å²) < 4.78 is 0. The number of thiophene rings is 1. The van der Waals surface area contributed by atoms with Crippen LogP contribution < -0.4 is 5.32 Å². The molecule has 1 aliphatic carbocycles. The zero-order valence-corrected chi connectivity index (χ0v) is 14.5. The molecule has 1 N–H and O–H groups in total. The number of carbonyl (C=O) groups is 1. The molecule has 0 aliphatic heterocycles. The molecule has 1 aromatic heterocycles. The molecule has 118 valence electrons. The minimum atomic E-state index is 0. The van der Waals surface area contributed by atoms with Crippen molar-refractivity contribution in [1.29, 1.82) is 0 Å². The van der Waals surface area contributed by atoms with Gasteiger partial charge in [0.25, 0.3) is 5.91 Å². The second-order valence-electron chi connectivity index (χ2n) is 5.45. The van der Waals surface area contributed by atoms with E-state index in [2.05, 4.69) is 35.6 Å². The van der Waals surface area contributed by atoms with Gasteiger partial charge < -0.3 is 10.2 Å². The predicted molar refractivity (Wildman–Crippen MR) is 95.3 cm³/mol. The van der Waals surface area contributed by atoms with Crippen molar-refractivity contribution < 1.29 is 4.79 Å². The van der Waals surface area contributed by atoms with Gasteiger partial charge in [-0.1, -0.05) is 24.3 Å². The molecule has 1 aliphatic rings. The van der Waals surface area contributed by atoms with Gasteiger partial charge in [0.15, 0.2) is 0 Å². The van der Waals surface area contributed by atoms with Crippen molar-refractivity contribution >= 4 is 29.7 Å². The highest BCUT2D eigenvalue weighted by molar-refractivity contribution is 7.17. The third-order valence-electron chi connectivity index (χ3n) is 3.99. The summed E-state index contributed by atoms with van der Waals surface area (Å²) in [6, 6.07) is 10.6. The molecule has 3 nitrogen and oxygen atoms in total. The molecule has 0 fully saturated rings. The van der Waals surface area contributed by atoms with Gasteiger partial charge in [0, 0.05) is 25.0 Å². The van der Waals surface area contributed by atoms with E-state index in [4.69, 9.17) is 0 Å². The number of nitrogens with zero attached hydrogens (tertiary/aromatic N) is 1. The van der Waals surface area contributed by atoms with Gasteiger partial charge in [-0.3, -0.25) is 4.79 Å². The first-order chi connectivity index (χ1) is 10.2. The van der Waals surface area contributed by atoms with Crippen LogP contribution >= 0.6 is 23.7 Å². The van der Waals surface area contributed by atoms with Crippen molar-refractivity contribution in [3.63, 3.8) is 0 Å². The SMILES string of the molecule is CNCCN(C)C(=O)c1cc2c(s1)-c1ccccc1CC2.Cl. The minimum absolute atomic E-state index is 0. The Hall–Kier alpha value is -1.36. The number of aryl methyl sites for hydroxylation is 2. The molecule has 0 saturated carbocycles. The second-order valence-corrected chi connectivity index (χ2v) is 6.50. The maximum absolute atomic E-state index is 12.5. The summed E-state index contributed by atoms with van der Waals surface area (Å²) in [5, 5.41) is 3.08. The van der Waals surface area contributed by atoms with Crippen molar-refractivity contribution in [2.75, 3.05) is 27.2 Å². The smallest absolute Gasteiger partial charge is 0.263 e. The Labute approximate surface area is 141 Å². The number of hydrogen-bond donors (Lipinski definition) is 1. The lowest BCUT2D eigenvalue weighted by Crippen LogP contribution is -2.32. The van der Waals surface area contributed by atoms with Gasteiger partial charge >= 0.3 is 0 Å². The van der Waals surface area contributed by atoms with Gasteiger partial charge in [-0.05, 0) is 42.6 Å². The highest BCUT2D eigenvalue weighted by Gasteiger charge is 2.22. The monoisotopic (exact) mass is 336 g/mol. The quantitative estimate of drug-likeness (QED) is 0.929. The van der Waals surface area contributed by atoms with E-state index in [-0.39, 0.29) is 18.3 Å². The van der Waals surface area contributed by atoms with Crippen molar-refractivity contribution in [3.8, 4) is 10.4 Å². The molecular weight excluding hydrogens is 316 g/mol. The fourth-order valence-electron chi connectivity index (χ4n) is 2.75.